The number of ketones is 1. The summed E-state index contributed by atoms with van der Waals surface area (Å²) in [7, 11) is 0. The average molecular weight is 278 g/mol. The van der Waals surface area contributed by atoms with Gasteiger partial charge in [-0.05, 0) is 18.6 Å². The summed E-state index contributed by atoms with van der Waals surface area (Å²) < 4.78 is 68.6. The fourth-order valence-corrected chi connectivity index (χ4v) is 2.83. The second kappa shape index (κ2) is 3.15. The second-order valence-electron chi connectivity index (χ2n) is 4.78. The van der Waals surface area contributed by atoms with Gasteiger partial charge in [-0.2, -0.15) is 17.6 Å². The highest BCUT2D eigenvalue weighted by Gasteiger charge is 2.77. The maximum absolute atomic E-state index is 13.8. The first-order valence-electron chi connectivity index (χ1n) is 5.49. The number of carbonyl (C=O) groups is 1. The molecule has 1 atom stereocenters. The lowest BCUT2D eigenvalue weighted by Gasteiger charge is -2.35. The third-order valence-electron chi connectivity index (χ3n) is 3.81. The zero-order valence-corrected chi connectivity index (χ0v) is 9.31. The second-order valence-corrected chi connectivity index (χ2v) is 4.78. The highest BCUT2D eigenvalue weighted by Crippen LogP contribution is 2.64. The van der Waals surface area contributed by atoms with E-state index in [0.29, 0.717) is 12.1 Å². The van der Waals surface area contributed by atoms with Crippen LogP contribution in [0.3, 0.4) is 0 Å². The van der Waals surface area contributed by atoms with E-state index in [4.69, 9.17) is 0 Å². The van der Waals surface area contributed by atoms with Crippen molar-refractivity contribution in [3.05, 3.63) is 34.6 Å². The number of Topliss-reactive ketones (excluding diaryl/α,β-unsaturated/α-hetero) is 1. The van der Waals surface area contributed by atoms with Gasteiger partial charge in [-0.1, -0.05) is 0 Å². The van der Waals surface area contributed by atoms with E-state index in [-0.39, 0.29) is 0 Å². The molecule has 2 aliphatic rings. The quantitative estimate of drug-likeness (QED) is 0.741. The number of aliphatic hydroxyl groups is 1. The molecule has 0 aliphatic heterocycles. The summed E-state index contributed by atoms with van der Waals surface area (Å²) in [5.74, 6) is -11.4. The van der Waals surface area contributed by atoms with Gasteiger partial charge < -0.3 is 5.11 Å². The van der Waals surface area contributed by atoms with Crippen molar-refractivity contribution in [3.63, 3.8) is 0 Å². The first-order chi connectivity index (χ1) is 8.64. The Hall–Kier alpha value is -1.50. The molecule has 0 bridgehead atoms. The van der Waals surface area contributed by atoms with E-state index >= 15 is 0 Å². The summed E-state index contributed by atoms with van der Waals surface area (Å²) in [4.78, 5) is 11.6. The molecule has 1 aromatic carbocycles. The van der Waals surface area contributed by atoms with Gasteiger partial charge in [0.05, 0.1) is 5.56 Å². The molecule has 2 aliphatic carbocycles. The standard InChI is InChI=1S/C12H7F5O2/c13-6-2-1-5-9-8(6)7(18)3-4-10(9,19)12(16,17)11(5,14)15/h1-2,19H,3-4H2. The van der Waals surface area contributed by atoms with Crippen LogP contribution in [-0.4, -0.2) is 16.8 Å². The van der Waals surface area contributed by atoms with Crippen molar-refractivity contribution in [1.29, 1.82) is 0 Å². The number of alkyl halides is 4. The highest BCUT2D eigenvalue weighted by atomic mass is 19.3. The van der Waals surface area contributed by atoms with Crippen LogP contribution in [0.5, 0.6) is 0 Å². The molecular weight excluding hydrogens is 271 g/mol. The van der Waals surface area contributed by atoms with Gasteiger partial charge in [0.1, 0.15) is 5.82 Å². The van der Waals surface area contributed by atoms with Crippen LogP contribution in [0.2, 0.25) is 0 Å². The molecule has 1 aromatic rings. The summed E-state index contributed by atoms with van der Waals surface area (Å²) in [5.41, 5.74) is -6.18. The smallest absolute Gasteiger partial charge is 0.346 e. The molecule has 7 heteroatoms. The molecule has 1 unspecified atom stereocenters. The van der Waals surface area contributed by atoms with Crippen molar-refractivity contribution in [1.82, 2.24) is 0 Å². The number of halogens is 5. The molecule has 0 heterocycles. The van der Waals surface area contributed by atoms with Gasteiger partial charge >= 0.3 is 11.8 Å². The molecule has 2 nitrogen and oxygen atoms in total. The molecule has 102 valence electrons. The van der Waals surface area contributed by atoms with Crippen LogP contribution in [0, 0.1) is 5.82 Å². The molecule has 0 saturated carbocycles. The third kappa shape index (κ3) is 1.13. The Labute approximate surface area is 103 Å². The molecule has 0 radical (unpaired) electrons. The Balaban J connectivity index is 2.47. The number of rotatable bonds is 0. The Morgan fingerprint density at radius 3 is 2.42 bits per heavy atom. The summed E-state index contributed by atoms with van der Waals surface area (Å²) in [5, 5.41) is 9.94. The Morgan fingerprint density at radius 2 is 1.79 bits per heavy atom. The van der Waals surface area contributed by atoms with Gasteiger partial charge in [-0.3, -0.25) is 4.79 Å². The van der Waals surface area contributed by atoms with Crippen LogP contribution in [0.1, 0.15) is 34.3 Å². The minimum Gasteiger partial charge on any atom is -0.378 e. The number of hydrogen-bond acceptors (Lipinski definition) is 2. The largest absolute Gasteiger partial charge is 0.378 e. The molecule has 0 spiro atoms. The van der Waals surface area contributed by atoms with Crippen molar-refractivity contribution < 1.29 is 31.9 Å². The van der Waals surface area contributed by atoms with Crippen LogP contribution in [0.4, 0.5) is 22.0 Å². The molecule has 19 heavy (non-hydrogen) atoms. The Kier molecular flexibility index (Phi) is 2.07. The molecule has 0 fully saturated rings. The molecule has 0 aromatic heterocycles. The lowest BCUT2D eigenvalue weighted by molar-refractivity contribution is -0.287. The van der Waals surface area contributed by atoms with Crippen LogP contribution in [-0.2, 0) is 11.5 Å². The zero-order valence-electron chi connectivity index (χ0n) is 9.31. The highest BCUT2D eigenvalue weighted by molar-refractivity contribution is 6.00. The normalized spacial score (nSPS) is 30.3. The Morgan fingerprint density at radius 1 is 1.16 bits per heavy atom. The molecule has 1 N–H and O–H groups in total. The molecule has 3 rings (SSSR count). The van der Waals surface area contributed by atoms with E-state index < -0.39 is 58.6 Å². The van der Waals surface area contributed by atoms with Gasteiger partial charge in [-0.25, -0.2) is 4.39 Å². The maximum atomic E-state index is 13.8. The van der Waals surface area contributed by atoms with E-state index in [1.165, 1.54) is 0 Å². The van der Waals surface area contributed by atoms with Crippen LogP contribution in [0.25, 0.3) is 0 Å². The SMILES string of the molecule is O=C1CCC2(O)c3c(ccc(F)c31)C(F)(F)C2(F)F. The van der Waals surface area contributed by atoms with Gasteiger partial charge in [0.25, 0.3) is 0 Å². The number of hydrogen-bond donors (Lipinski definition) is 1. The predicted molar refractivity (Wildman–Crippen MR) is 52.7 cm³/mol. The summed E-state index contributed by atoms with van der Waals surface area (Å²) >= 11 is 0. The van der Waals surface area contributed by atoms with Gasteiger partial charge in [0.15, 0.2) is 11.4 Å². The lowest BCUT2D eigenvalue weighted by atomic mass is 9.78. The molecular formula is C12H7F5O2. The van der Waals surface area contributed by atoms with E-state index in [9.17, 15) is 31.9 Å². The summed E-state index contributed by atoms with van der Waals surface area (Å²) in [6, 6.07) is 1.05. The number of benzene rings is 1. The monoisotopic (exact) mass is 278 g/mol. The van der Waals surface area contributed by atoms with Crippen molar-refractivity contribution in [3.8, 4) is 0 Å². The molecule has 0 saturated heterocycles. The first-order valence-corrected chi connectivity index (χ1v) is 5.49. The van der Waals surface area contributed by atoms with Crippen LogP contribution < -0.4 is 0 Å². The zero-order chi connectivity index (χ0) is 14.2. The topological polar surface area (TPSA) is 37.3 Å². The van der Waals surface area contributed by atoms with Crippen LogP contribution in [0.15, 0.2) is 12.1 Å². The van der Waals surface area contributed by atoms with Crippen molar-refractivity contribution in [2.45, 2.75) is 30.3 Å². The van der Waals surface area contributed by atoms with Crippen molar-refractivity contribution in [2.24, 2.45) is 0 Å². The van der Waals surface area contributed by atoms with Crippen molar-refractivity contribution >= 4 is 5.78 Å². The summed E-state index contributed by atoms with van der Waals surface area (Å²) in [6.07, 6.45) is -1.45. The molecule has 0 amide bonds. The number of carbonyl (C=O) groups excluding carboxylic acids is 1. The lowest BCUT2D eigenvalue weighted by Crippen LogP contribution is -2.50. The van der Waals surface area contributed by atoms with Gasteiger partial charge in [0, 0.05) is 17.5 Å². The van der Waals surface area contributed by atoms with Gasteiger partial charge in [0.2, 0.25) is 0 Å². The van der Waals surface area contributed by atoms with E-state index in [2.05, 4.69) is 0 Å². The van der Waals surface area contributed by atoms with E-state index in [0.717, 1.165) is 0 Å². The fraction of sp³-hybridized carbons (Fsp3) is 0.417. The maximum Gasteiger partial charge on any atom is 0.346 e. The minimum absolute atomic E-state index is 0.499. The van der Waals surface area contributed by atoms with Crippen LogP contribution >= 0.6 is 0 Å². The minimum atomic E-state index is -4.77. The first kappa shape index (κ1) is 12.5. The summed E-state index contributed by atoms with van der Waals surface area (Å²) in [6.45, 7) is 0. The third-order valence-corrected chi connectivity index (χ3v) is 3.81. The van der Waals surface area contributed by atoms with E-state index in [1.54, 1.807) is 0 Å². The van der Waals surface area contributed by atoms with Crippen molar-refractivity contribution in [2.75, 3.05) is 0 Å². The fourth-order valence-electron chi connectivity index (χ4n) is 2.83. The predicted octanol–water partition coefficient (Wildman–Crippen LogP) is 2.73. The Bertz CT molecular complexity index is 610. The van der Waals surface area contributed by atoms with Gasteiger partial charge in [-0.15, -0.1) is 0 Å². The van der Waals surface area contributed by atoms with E-state index in [1.807, 2.05) is 0 Å². The average Bonchev–Trinajstić information content (AvgIpc) is 2.43.